The smallest absolute Gasteiger partial charge is 0.256 e. The van der Waals surface area contributed by atoms with Crippen LogP contribution in [0.3, 0.4) is 0 Å². The van der Waals surface area contributed by atoms with Gasteiger partial charge in [0.05, 0.1) is 22.3 Å². The third kappa shape index (κ3) is 4.19. The Bertz CT molecular complexity index is 1260. The number of fused-ring (bicyclic) bond motifs is 1. The largest absolute Gasteiger partial charge is 0.494 e. The Morgan fingerprint density at radius 1 is 1.06 bits per heavy atom. The molecular formula is C26H22FIN2O2. The number of carbonyl (C=O) groups excluding carboxylic acids is 1. The lowest BCUT2D eigenvalue weighted by atomic mass is 9.99. The number of amides is 1. The number of aromatic nitrogens is 1. The number of halogens is 2. The average Bonchev–Trinajstić information content (AvgIpc) is 2.84. The molecule has 0 unspecified atom stereocenters. The van der Waals surface area contributed by atoms with Crippen LogP contribution in [0.1, 0.15) is 35.3 Å². The van der Waals surface area contributed by atoms with Crippen LogP contribution in [-0.4, -0.2) is 18.0 Å². The third-order valence-corrected chi connectivity index (χ3v) is 6.23. The molecule has 0 spiro atoms. The van der Waals surface area contributed by atoms with Crippen molar-refractivity contribution in [1.82, 2.24) is 10.3 Å². The highest BCUT2D eigenvalue weighted by Crippen LogP contribution is 2.38. The molecule has 1 amide bonds. The van der Waals surface area contributed by atoms with Gasteiger partial charge >= 0.3 is 0 Å². The monoisotopic (exact) mass is 540 g/mol. The van der Waals surface area contributed by atoms with Gasteiger partial charge in [0.15, 0.2) is 11.6 Å². The molecule has 1 N–H and O–H groups in total. The minimum Gasteiger partial charge on any atom is -0.494 e. The maximum absolute atomic E-state index is 15.1. The molecule has 0 saturated heterocycles. The summed E-state index contributed by atoms with van der Waals surface area (Å²) in [5.41, 5.74) is 2.60. The van der Waals surface area contributed by atoms with E-state index < -0.39 is 5.82 Å². The van der Waals surface area contributed by atoms with Gasteiger partial charge in [-0.15, -0.1) is 0 Å². The van der Waals surface area contributed by atoms with E-state index in [-0.39, 0.29) is 23.0 Å². The van der Waals surface area contributed by atoms with Gasteiger partial charge in [0.25, 0.3) is 5.91 Å². The summed E-state index contributed by atoms with van der Waals surface area (Å²) >= 11 is 1.93. The second-order valence-corrected chi connectivity index (χ2v) is 8.50. The first-order chi connectivity index (χ1) is 15.5. The fraction of sp³-hybridized carbons (Fsp3) is 0.154. The SMILES string of the molecule is CC[C@H](NC(=O)c1c(OC)c(-c2ccccc2)nc2c(F)c(I)ccc12)c1ccccc1. The summed E-state index contributed by atoms with van der Waals surface area (Å²) in [6.45, 7) is 2.01. The number of hydrogen-bond donors (Lipinski definition) is 1. The van der Waals surface area contributed by atoms with Crippen LogP contribution in [-0.2, 0) is 0 Å². The Labute approximate surface area is 200 Å². The molecular weight excluding hydrogens is 518 g/mol. The summed E-state index contributed by atoms with van der Waals surface area (Å²) in [5, 5.41) is 3.52. The van der Waals surface area contributed by atoms with Crippen molar-refractivity contribution >= 4 is 39.4 Å². The quantitative estimate of drug-likeness (QED) is 0.283. The van der Waals surface area contributed by atoms with E-state index in [1.165, 1.54) is 7.11 Å². The zero-order valence-corrected chi connectivity index (χ0v) is 19.9. The van der Waals surface area contributed by atoms with Crippen molar-refractivity contribution in [2.75, 3.05) is 7.11 Å². The zero-order valence-electron chi connectivity index (χ0n) is 17.7. The van der Waals surface area contributed by atoms with Crippen molar-refractivity contribution in [3.05, 3.63) is 93.3 Å². The molecule has 0 aliphatic heterocycles. The van der Waals surface area contributed by atoms with Crippen LogP contribution in [0.2, 0.25) is 0 Å². The van der Waals surface area contributed by atoms with Crippen molar-refractivity contribution in [1.29, 1.82) is 0 Å². The van der Waals surface area contributed by atoms with Gasteiger partial charge in [-0.05, 0) is 40.6 Å². The summed E-state index contributed by atoms with van der Waals surface area (Å²) in [5.74, 6) is -0.459. The topological polar surface area (TPSA) is 51.2 Å². The number of nitrogens with one attached hydrogen (secondary N) is 1. The summed E-state index contributed by atoms with van der Waals surface area (Å²) in [6.07, 6.45) is 0.707. The number of nitrogens with zero attached hydrogens (tertiary/aromatic N) is 1. The minimum absolute atomic E-state index is 0.148. The molecule has 4 rings (SSSR count). The lowest BCUT2D eigenvalue weighted by Crippen LogP contribution is -2.29. The van der Waals surface area contributed by atoms with Gasteiger partial charge in [-0.3, -0.25) is 4.79 Å². The van der Waals surface area contributed by atoms with Crippen LogP contribution in [0.25, 0.3) is 22.2 Å². The lowest BCUT2D eigenvalue weighted by molar-refractivity contribution is 0.0934. The molecule has 6 heteroatoms. The molecule has 0 aliphatic rings. The maximum Gasteiger partial charge on any atom is 0.256 e. The second kappa shape index (κ2) is 9.65. The molecule has 162 valence electrons. The maximum atomic E-state index is 15.1. The molecule has 1 aromatic heterocycles. The molecule has 0 aliphatic carbocycles. The highest BCUT2D eigenvalue weighted by atomic mass is 127. The van der Waals surface area contributed by atoms with E-state index in [0.29, 0.717) is 26.8 Å². The highest BCUT2D eigenvalue weighted by Gasteiger charge is 2.26. The fourth-order valence-electron chi connectivity index (χ4n) is 3.81. The highest BCUT2D eigenvalue weighted by molar-refractivity contribution is 14.1. The van der Waals surface area contributed by atoms with Crippen LogP contribution in [0, 0.1) is 9.39 Å². The number of hydrogen-bond acceptors (Lipinski definition) is 3. The second-order valence-electron chi connectivity index (χ2n) is 7.34. The van der Waals surface area contributed by atoms with E-state index in [1.807, 2.05) is 90.2 Å². The number of carbonyl (C=O) groups is 1. The lowest BCUT2D eigenvalue weighted by Gasteiger charge is -2.21. The molecule has 1 atom stereocenters. The van der Waals surface area contributed by atoms with Gasteiger partial charge in [0.1, 0.15) is 11.2 Å². The van der Waals surface area contributed by atoms with E-state index in [0.717, 1.165) is 11.1 Å². The van der Waals surface area contributed by atoms with E-state index >= 15 is 4.39 Å². The standard InChI is InChI=1S/C26H22FIN2O2/c1-3-20(16-10-6-4-7-11-16)29-26(31)21-18-14-15-19(28)22(27)24(18)30-23(25(21)32-2)17-12-8-5-9-13-17/h4-15,20H,3H2,1-2H3,(H,29,31)/t20-/m0/s1. The first-order valence-electron chi connectivity index (χ1n) is 10.3. The zero-order chi connectivity index (χ0) is 22.7. The molecule has 0 fully saturated rings. The van der Waals surface area contributed by atoms with Gasteiger partial charge < -0.3 is 10.1 Å². The molecule has 3 aromatic carbocycles. The number of benzene rings is 3. The Hall–Kier alpha value is -3.00. The van der Waals surface area contributed by atoms with Gasteiger partial charge in [-0.25, -0.2) is 9.37 Å². The predicted octanol–water partition coefficient (Wildman–Crippen LogP) is 6.54. The molecule has 0 bridgehead atoms. The third-order valence-electron chi connectivity index (χ3n) is 5.40. The molecule has 32 heavy (non-hydrogen) atoms. The normalized spacial score (nSPS) is 11.9. The Kier molecular flexibility index (Phi) is 6.69. The summed E-state index contributed by atoms with van der Waals surface area (Å²) in [7, 11) is 1.50. The van der Waals surface area contributed by atoms with Gasteiger partial charge in [-0.1, -0.05) is 73.7 Å². The van der Waals surface area contributed by atoms with Crippen LogP contribution in [0.4, 0.5) is 4.39 Å². The Morgan fingerprint density at radius 3 is 2.34 bits per heavy atom. The summed E-state index contributed by atoms with van der Waals surface area (Å²) < 4.78 is 21.3. The number of methoxy groups -OCH3 is 1. The molecule has 0 radical (unpaired) electrons. The molecule has 0 saturated carbocycles. The number of ether oxygens (including phenoxy) is 1. The number of rotatable bonds is 6. The van der Waals surface area contributed by atoms with Crippen LogP contribution in [0.15, 0.2) is 72.8 Å². The van der Waals surface area contributed by atoms with Crippen molar-refractivity contribution in [3.63, 3.8) is 0 Å². The van der Waals surface area contributed by atoms with Crippen LogP contribution in [0.5, 0.6) is 5.75 Å². The van der Waals surface area contributed by atoms with Gasteiger partial charge in [0.2, 0.25) is 0 Å². The minimum atomic E-state index is -0.452. The van der Waals surface area contributed by atoms with Crippen LogP contribution < -0.4 is 10.1 Å². The average molecular weight is 540 g/mol. The summed E-state index contributed by atoms with van der Waals surface area (Å²) in [4.78, 5) is 18.2. The van der Waals surface area contributed by atoms with E-state index in [2.05, 4.69) is 10.3 Å². The fourth-order valence-corrected chi connectivity index (χ4v) is 4.24. The molecule has 1 heterocycles. The Balaban J connectivity index is 1.92. The van der Waals surface area contributed by atoms with E-state index in [4.69, 9.17) is 4.74 Å². The summed E-state index contributed by atoms with van der Waals surface area (Å²) in [6, 6.07) is 22.3. The molecule has 4 nitrogen and oxygen atoms in total. The predicted molar refractivity (Wildman–Crippen MR) is 133 cm³/mol. The first kappa shape index (κ1) is 22.2. The first-order valence-corrected chi connectivity index (χ1v) is 11.4. The van der Waals surface area contributed by atoms with Crippen molar-refractivity contribution in [2.24, 2.45) is 0 Å². The van der Waals surface area contributed by atoms with E-state index in [9.17, 15) is 4.79 Å². The van der Waals surface area contributed by atoms with Crippen molar-refractivity contribution < 1.29 is 13.9 Å². The molecule has 4 aromatic rings. The van der Waals surface area contributed by atoms with Crippen molar-refractivity contribution in [3.8, 4) is 17.0 Å². The van der Waals surface area contributed by atoms with Gasteiger partial charge in [0, 0.05) is 10.9 Å². The van der Waals surface area contributed by atoms with Gasteiger partial charge in [-0.2, -0.15) is 0 Å². The van der Waals surface area contributed by atoms with Crippen LogP contribution >= 0.6 is 22.6 Å². The van der Waals surface area contributed by atoms with E-state index in [1.54, 1.807) is 12.1 Å². The Morgan fingerprint density at radius 2 is 1.72 bits per heavy atom. The van der Waals surface area contributed by atoms with Crippen molar-refractivity contribution in [2.45, 2.75) is 19.4 Å². The number of pyridine rings is 1.